The highest BCUT2D eigenvalue weighted by Gasteiger charge is 2.25. The van der Waals surface area contributed by atoms with Crippen molar-refractivity contribution in [3.05, 3.63) is 0 Å². The Morgan fingerprint density at radius 1 is 0.526 bits per heavy atom. The minimum Gasteiger partial charge on any atom is -0.395 e. The van der Waals surface area contributed by atoms with Crippen LogP contribution in [0.1, 0.15) is 187 Å². The topological polar surface area (TPSA) is 66.4 Å². The summed E-state index contributed by atoms with van der Waals surface area (Å²) in [7, 11) is 0. The number of unbranched alkanes of at least 4 members (excludes halogenated alkanes) is 23. The van der Waals surface area contributed by atoms with Gasteiger partial charge in [0.1, 0.15) is 5.78 Å². The maximum absolute atomic E-state index is 12.9. The predicted molar refractivity (Wildman–Crippen MR) is 165 cm³/mol. The molecular weight excluding hydrogens is 470 g/mol. The van der Waals surface area contributed by atoms with E-state index in [0.29, 0.717) is 12.8 Å². The Morgan fingerprint density at radius 3 is 1.24 bits per heavy atom. The molecule has 0 aliphatic carbocycles. The second kappa shape index (κ2) is 30.6. The summed E-state index contributed by atoms with van der Waals surface area (Å²) in [6.45, 7) is 4.69. The van der Waals surface area contributed by atoms with E-state index in [1.165, 1.54) is 135 Å². The Morgan fingerprint density at radius 2 is 0.868 bits per heavy atom. The van der Waals surface area contributed by atoms with Crippen molar-refractivity contribution in [3.63, 3.8) is 0 Å². The Kier molecular flexibility index (Phi) is 29.9. The largest absolute Gasteiger partial charge is 0.395 e. The Hall–Kier alpha value is -0.900. The van der Waals surface area contributed by atoms with E-state index in [2.05, 4.69) is 19.2 Å². The zero-order valence-electron chi connectivity index (χ0n) is 25.8. The van der Waals surface area contributed by atoms with Crippen molar-refractivity contribution in [3.8, 4) is 0 Å². The Labute approximate surface area is 237 Å². The molecule has 0 spiro atoms. The molecule has 0 heterocycles. The minimum atomic E-state index is -0.526. The third-order valence-corrected chi connectivity index (χ3v) is 7.99. The molecule has 4 nitrogen and oxygen atoms in total. The molecule has 38 heavy (non-hydrogen) atoms. The highest BCUT2D eigenvalue weighted by atomic mass is 16.3. The molecule has 0 bridgehead atoms. The van der Waals surface area contributed by atoms with E-state index in [1.54, 1.807) is 0 Å². The van der Waals surface area contributed by atoms with Crippen molar-refractivity contribution in [2.75, 3.05) is 13.2 Å². The highest BCUT2D eigenvalue weighted by molar-refractivity contribution is 6.01. The fourth-order valence-corrected chi connectivity index (χ4v) is 5.42. The lowest BCUT2D eigenvalue weighted by Gasteiger charge is -2.15. The molecule has 1 atom stereocenters. The lowest BCUT2D eigenvalue weighted by molar-refractivity contribution is -0.134. The molecule has 0 aliphatic heterocycles. The molecule has 1 unspecified atom stereocenters. The number of rotatable bonds is 31. The van der Waals surface area contributed by atoms with Gasteiger partial charge >= 0.3 is 0 Å². The Balaban J connectivity index is 3.89. The van der Waals surface area contributed by atoms with Gasteiger partial charge in [-0.25, -0.2) is 0 Å². The van der Waals surface area contributed by atoms with Crippen LogP contribution in [0.2, 0.25) is 0 Å². The van der Waals surface area contributed by atoms with Crippen LogP contribution in [0.25, 0.3) is 0 Å². The summed E-state index contributed by atoms with van der Waals surface area (Å²) in [4.78, 5) is 25.4. The zero-order chi connectivity index (χ0) is 27.9. The summed E-state index contributed by atoms with van der Waals surface area (Å²) in [5.41, 5.74) is 0. The molecule has 226 valence electrons. The van der Waals surface area contributed by atoms with Gasteiger partial charge in [-0.1, -0.05) is 168 Å². The van der Waals surface area contributed by atoms with Crippen LogP contribution in [0.5, 0.6) is 0 Å². The number of hydrogen-bond donors (Lipinski definition) is 2. The van der Waals surface area contributed by atoms with Crippen LogP contribution in [-0.2, 0) is 9.59 Å². The highest BCUT2D eigenvalue weighted by Crippen LogP contribution is 2.19. The van der Waals surface area contributed by atoms with Crippen molar-refractivity contribution in [2.24, 2.45) is 5.92 Å². The molecule has 1 amide bonds. The number of amides is 1. The fraction of sp³-hybridized carbons (Fsp3) is 0.941. The molecule has 0 aromatic carbocycles. The number of hydrogen-bond acceptors (Lipinski definition) is 3. The Bertz CT molecular complexity index is 508. The SMILES string of the molecule is CCCCCCCCCCCCCCCC(=O)C(CCCCCCCCCCCCCC)C(=O)NCCO. The van der Waals surface area contributed by atoms with Crippen LogP contribution in [0.15, 0.2) is 0 Å². The van der Waals surface area contributed by atoms with Crippen LogP contribution in [0.3, 0.4) is 0 Å². The van der Waals surface area contributed by atoms with Crippen LogP contribution in [0, 0.1) is 5.92 Å². The number of carbonyl (C=O) groups excluding carboxylic acids is 2. The van der Waals surface area contributed by atoms with Gasteiger partial charge in [-0.05, 0) is 12.8 Å². The number of nitrogens with one attached hydrogen (secondary N) is 1. The quantitative estimate of drug-likeness (QED) is 0.0683. The summed E-state index contributed by atoms with van der Waals surface area (Å²) in [5.74, 6) is -0.601. The van der Waals surface area contributed by atoms with Crippen molar-refractivity contribution >= 4 is 11.7 Å². The van der Waals surface area contributed by atoms with E-state index in [0.717, 1.165) is 25.7 Å². The summed E-state index contributed by atoms with van der Waals surface area (Å²) in [6, 6.07) is 0. The van der Waals surface area contributed by atoms with Gasteiger partial charge in [-0.15, -0.1) is 0 Å². The normalized spacial score (nSPS) is 12.1. The van der Waals surface area contributed by atoms with Gasteiger partial charge in [0.25, 0.3) is 0 Å². The van der Waals surface area contributed by atoms with E-state index in [9.17, 15) is 9.59 Å². The number of aliphatic hydroxyl groups is 1. The van der Waals surface area contributed by atoms with Gasteiger partial charge in [0.05, 0.1) is 12.5 Å². The maximum atomic E-state index is 12.9. The van der Waals surface area contributed by atoms with Crippen molar-refractivity contribution in [2.45, 2.75) is 187 Å². The van der Waals surface area contributed by atoms with Crippen LogP contribution in [0.4, 0.5) is 0 Å². The average molecular weight is 538 g/mol. The number of Topliss-reactive ketones (excluding diaryl/α,β-unsaturated/α-hetero) is 1. The van der Waals surface area contributed by atoms with Gasteiger partial charge in [0, 0.05) is 13.0 Å². The lowest BCUT2D eigenvalue weighted by Crippen LogP contribution is -2.36. The standard InChI is InChI=1S/C34H67NO3/c1-3-5-7-9-11-13-15-17-19-21-23-25-27-29-33(37)32(34(38)35-30-31-36)28-26-24-22-20-18-16-14-12-10-8-6-4-2/h32,36H,3-31H2,1-2H3,(H,35,38). The molecule has 0 fully saturated rings. The average Bonchev–Trinajstić information content (AvgIpc) is 2.92. The predicted octanol–water partition coefficient (Wildman–Crippen LogP) is 9.85. The molecule has 0 rings (SSSR count). The van der Waals surface area contributed by atoms with E-state index in [1.807, 2.05) is 0 Å². The summed E-state index contributed by atoms with van der Waals surface area (Å²) in [5, 5.41) is 11.8. The summed E-state index contributed by atoms with van der Waals surface area (Å²) in [6.07, 6.45) is 33.3. The summed E-state index contributed by atoms with van der Waals surface area (Å²) >= 11 is 0. The molecule has 0 aromatic heterocycles. The second-order valence-corrected chi connectivity index (χ2v) is 11.7. The molecule has 0 aliphatic rings. The van der Waals surface area contributed by atoms with Gasteiger partial charge in [0.15, 0.2) is 0 Å². The number of ketones is 1. The van der Waals surface area contributed by atoms with Gasteiger partial charge in [0.2, 0.25) is 5.91 Å². The zero-order valence-corrected chi connectivity index (χ0v) is 25.8. The van der Waals surface area contributed by atoms with Crippen molar-refractivity contribution in [1.29, 1.82) is 0 Å². The molecule has 0 saturated heterocycles. The molecule has 0 radical (unpaired) electrons. The third-order valence-electron chi connectivity index (χ3n) is 7.99. The molecule has 2 N–H and O–H groups in total. The van der Waals surface area contributed by atoms with Gasteiger partial charge < -0.3 is 10.4 Å². The van der Waals surface area contributed by atoms with Gasteiger partial charge in [-0.2, -0.15) is 0 Å². The van der Waals surface area contributed by atoms with Gasteiger partial charge in [-0.3, -0.25) is 9.59 Å². The number of carbonyl (C=O) groups is 2. The maximum Gasteiger partial charge on any atom is 0.230 e. The molecule has 0 saturated carbocycles. The molecule has 4 heteroatoms. The minimum absolute atomic E-state index is 0.0793. The lowest BCUT2D eigenvalue weighted by atomic mass is 9.92. The smallest absolute Gasteiger partial charge is 0.230 e. The third kappa shape index (κ3) is 25.4. The van der Waals surface area contributed by atoms with Crippen LogP contribution < -0.4 is 5.32 Å². The van der Waals surface area contributed by atoms with Crippen LogP contribution >= 0.6 is 0 Å². The first-order valence-electron chi connectivity index (χ1n) is 17.1. The first kappa shape index (κ1) is 37.1. The first-order chi connectivity index (χ1) is 18.7. The summed E-state index contributed by atoms with van der Waals surface area (Å²) < 4.78 is 0. The van der Waals surface area contributed by atoms with E-state index >= 15 is 0 Å². The molecular formula is C34H67NO3. The van der Waals surface area contributed by atoms with Crippen molar-refractivity contribution < 1.29 is 14.7 Å². The van der Waals surface area contributed by atoms with E-state index < -0.39 is 5.92 Å². The second-order valence-electron chi connectivity index (χ2n) is 11.7. The van der Waals surface area contributed by atoms with E-state index in [-0.39, 0.29) is 24.8 Å². The molecule has 0 aromatic rings. The van der Waals surface area contributed by atoms with E-state index in [4.69, 9.17) is 5.11 Å². The monoisotopic (exact) mass is 538 g/mol. The first-order valence-corrected chi connectivity index (χ1v) is 17.1. The fourth-order valence-electron chi connectivity index (χ4n) is 5.42. The number of aliphatic hydroxyl groups excluding tert-OH is 1. The van der Waals surface area contributed by atoms with Crippen LogP contribution in [-0.4, -0.2) is 29.9 Å². The van der Waals surface area contributed by atoms with Crippen molar-refractivity contribution in [1.82, 2.24) is 5.32 Å².